The maximum absolute atomic E-state index is 11.2. The Morgan fingerprint density at radius 1 is 1.36 bits per heavy atom. The second-order valence-electron chi connectivity index (χ2n) is 2.61. The molecule has 0 aromatic rings. The van der Waals surface area contributed by atoms with E-state index in [1.807, 2.05) is 0 Å². The van der Waals surface area contributed by atoms with Crippen molar-refractivity contribution in [2.24, 2.45) is 0 Å². The molecule has 7 nitrogen and oxygen atoms in total. The summed E-state index contributed by atoms with van der Waals surface area (Å²) in [6.07, 6.45) is -2.24. The van der Waals surface area contributed by atoms with Crippen LogP contribution in [0.4, 0.5) is 9.59 Å². The zero-order chi connectivity index (χ0) is 10.9. The first-order chi connectivity index (χ1) is 6.49. The summed E-state index contributed by atoms with van der Waals surface area (Å²) in [6.45, 7) is 1.57. The molecule has 0 aromatic heterocycles. The van der Waals surface area contributed by atoms with Crippen molar-refractivity contribution in [2.45, 2.75) is 13.3 Å². The van der Waals surface area contributed by atoms with Crippen LogP contribution in [0.15, 0.2) is 0 Å². The van der Waals surface area contributed by atoms with E-state index >= 15 is 0 Å². The minimum absolute atomic E-state index is 0.0465. The molecule has 1 fully saturated rings. The average Bonchev–Trinajstić information content (AvgIpc) is 2.02. The molecular weight excluding hydrogens is 192 g/mol. The van der Waals surface area contributed by atoms with Crippen LogP contribution in [0.2, 0.25) is 0 Å². The fourth-order valence-electron chi connectivity index (χ4n) is 1.14. The molecule has 0 atom stereocenters. The number of hydrogen-bond donors (Lipinski definition) is 1. The molecule has 14 heavy (non-hydrogen) atoms. The van der Waals surface area contributed by atoms with E-state index in [0.717, 1.165) is 4.90 Å². The van der Waals surface area contributed by atoms with Crippen molar-refractivity contribution in [1.29, 1.82) is 0 Å². The van der Waals surface area contributed by atoms with E-state index in [1.165, 1.54) is 6.92 Å². The predicted octanol–water partition coefficient (Wildman–Crippen LogP) is -0.135. The highest BCUT2D eigenvalue weighted by molar-refractivity contribution is 6.20. The van der Waals surface area contributed by atoms with Gasteiger partial charge in [-0.15, -0.1) is 0 Å². The lowest BCUT2D eigenvalue weighted by atomic mass is 10.2. The van der Waals surface area contributed by atoms with E-state index in [0.29, 0.717) is 0 Å². The lowest BCUT2D eigenvalue weighted by Gasteiger charge is -2.28. The molecule has 0 aromatic carbocycles. The van der Waals surface area contributed by atoms with Crippen LogP contribution in [0.25, 0.3) is 0 Å². The van der Waals surface area contributed by atoms with Crippen molar-refractivity contribution >= 4 is 23.9 Å². The third kappa shape index (κ3) is 1.43. The van der Waals surface area contributed by atoms with Crippen molar-refractivity contribution < 1.29 is 24.3 Å². The lowest BCUT2D eigenvalue weighted by Crippen LogP contribution is -2.56. The number of urea groups is 1. The molecule has 0 spiro atoms. The third-order valence-electron chi connectivity index (χ3n) is 1.78. The van der Waals surface area contributed by atoms with Gasteiger partial charge in [-0.1, -0.05) is 0 Å². The molecule has 0 radical (unpaired) electrons. The number of barbiturate groups is 1. The van der Waals surface area contributed by atoms with Crippen LogP contribution in [-0.4, -0.2) is 45.4 Å². The fourth-order valence-corrected chi connectivity index (χ4v) is 1.14. The Morgan fingerprint density at radius 2 is 1.93 bits per heavy atom. The van der Waals surface area contributed by atoms with Crippen LogP contribution >= 0.6 is 0 Å². The minimum Gasteiger partial charge on any atom is -0.464 e. The molecule has 76 valence electrons. The topological polar surface area (TPSA) is 95.0 Å². The second kappa shape index (κ2) is 3.44. The van der Waals surface area contributed by atoms with Crippen LogP contribution in [0.5, 0.6) is 0 Å². The summed E-state index contributed by atoms with van der Waals surface area (Å²) < 4.78 is 0. The van der Waals surface area contributed by atoms with Gasteiger partial charge in [-0.2, -0.15) is 4.90 Å². The van der Waals surface area contributed by atoms with Gasteiger partial charge in [0.05, 0.1) is 0 Å². The molecule has 1 rings (SSSR count). The number of carbonyl (C=O) groups excluding carboxylic acids is 3. The number of amides is 5. The molecule has 1 aliphatic heterocycles. The van der Waals surface area contributed by atoms with Crippen LogP contribution < -0.4 is 0 Å². The first kappa shape index (κ1) is 10.2. The van der Waals surface area contributed by atoms with Crippen molar-refractivity contribution in [3.8, 4) is 0 Å². The Bertz CT molecular complexity index is 324. The highest BCUT2D eigenvalue weighted by Crippen LogP contribution is 2.11. The van der Waals surface area contributed by atoms with Gasteiger partial charge in [0.15, 0.2) is 0 Å². The summed E-state index contributed by atoms with van der Waals surface area (Å²) >= 11 is 0. The number of imide groups is 4. The Hall–Kier alpha value is -1.92. The summed E-state index contributed by atoms with van der Waals surface area (Å²) in [6, 6.07) is -1.10. The van der Waals surface area contributed by atoms with Gasteiger partial charge in [-0.25, -0.2) is 9.59 Å². The number of hydrogen-bond acceptors (Lipinski definition) is 4. The van der Waals surface area contributed by atoms with E-state index < -0.39 is 30.4 Å². The van der Waals surface area contributed by atoms with E-state index in [-0.39, 0.29) is 11.4 Å². The minimum atomic E-state index is -1.66. The summed E-state index contributed by atoms with van der Waals surface area (Å²) in [4.78, 5) is 44.6. The molecule has 0 unspecified atom stereocenters. The van der Waals surface area contributed by atoms with Gasteiger partial charge in [0, 0.05) is 6.54 Å². The van der Waals surface area contributed by atoms with E-state index in [9.17, 15) is 19.2 Å². The van der Waals surface area contributed by atoms with Gasteiger partial charge in [-0.3, -0.25) is 14.5 Å². The first-order valence-electron chi connectivity index (χ1n) is 3.89. The summed E-state index contributed by atoms with van der Waals surface area (Å²) in [5.41, 5.74) is 0. The number of nitrogens with zero attached hydrogens (tertiary/aromatic N) is 2. The maximum atomic E-state index is 11.2. The second-order valence-corrected chi connectivity index (χ2v) is 2.61. The van der Waals surface area contributed by atoms with Crippen LogP contribution in [-0.2, 0) is 9.59 Å². The Balaban J connectivity index is 3.00. The molecule has 1 heterocycles. The van der Waals surface area contributed by atoms with E-state index in [1.54, 1.807) is 0 Å². The van der Waals surface area contributed by atoms with Gasteiger partial charge < -0.3 is 5.11 Å². The normalized spacial score (nSPS) is 17.6. The molecule has 1 saturated heterocycles. The summed E-state index contributed by atoms with van der Waals surface area (Å²) in [5.74, 6) is -1.67. The molecule has 5 amide bonds. The highest BCUT2D eigenvalue weighted by Gasteiger charge is 2.40. The zero-order valence-electron chi connectivity index (χ0n) is 7.39. The Labute approximate surface area is 78.9 Å². The molecule has 0 bridgehead atoms. The zero-order valence-corrected chi connectivity index (χ0v) is 7.39. The van der Waals surface area contributed by atoms with Crippen molar-refractivity contribution in [2.75, 3.05) is 6.54 Å². The highest BCUT2D eigenvalue weighted by atomic mass is 16.4. The molecule has 0 saturated carbocycles. The van der Waals surface area contributed by atoms with Crippen molar-refractivity contribution in [1.82, 2.24) is 9.80 Å². The smallest absolute Gasteiger partial charge is 0.422 e. The molecule has 0 aliphatic carbocycles. The lowest BCUT2D eigenvalue weighted by molar-refractivity contribution is -0.140. The summed E-state index contributed by atoms with van der Waals surface area (Å²) in [7, 11) is 0. The average molecular weight is 200 g/mol. The third-order valence-corrected chi connectivity index (χ3v) is 1.78. The van der Waals surface area contributed by atoms with Gasteiger partial charge in [0.1, 0.15) is 6.42 Å². The fraction of sp³-hybridized carbons (Fsp3) is 0.429. The standard InChI is InChI=1S/C7H8N2O5/c1-2-8-4(10)3-5(11)9(6(8)12)7(13)14/h2-3H2,1H3,(H,13,14). The van der Waals surface area contributed by atoms with Gasteiger partial charge >= 0.3 is 12.1 Å². The number of carbonyl (C=O) groups is 4. The molecular formula is C7H8N2O5. The first-order valence-corrected chi connectivity index (χ1v) is 3.89. The van der Waals surface area contributed by atoms with Gasteiger partial charge in [0.25, 0.3) is 0 Å². The molecule has 7 heteroatoms. The summed E-state index contributed by atoms with van der Waals surface area (Å²) in [5, 5.41) is 8.52. The van der Waals surface area contributed by atoms with Crippen LogP contribution in [0.1, 0.15) is 13.3 Å². The monoisotopic (exact) mass is 200 g/mol. The largest absolute Gasteiger partial charge is 0.464 e. The van der Waals surface area contributed by atoms with Crippen molar-refractivity contribution in [3.05, 3.63) is 0 Å². The van der Waals surface area contributed by atoms with E-state index in [4.69, 9.17) is 5.11 Å². The van der Waals surface area contributed by atoms with Crippen molar-refractivity contribution in [3.63, 3.8) is 0 Å². The SMILES string of the molecule is CCN1C(=O)CC(=O)N(C(=O)O)C1=O. The van der Waals surface area contributed by atoms with Gasteiger partial charge in [-0.05, 0) is 6.92 Å². The maximum Gasteiger partial charge on any atom is 0.422 e. The van der Waals surface area contributed by atoms with Gasteiger partial charge in [0.2, 0.25) is 11.8 Å². The van der Waals surface area contributed by atoms with Crippen LogP contribution in [0.3, 0.4) is 0 Å². The molecule has 1 aliphatic rings. The number of rotatable bonds is 1. The quantitative estimate of drug-likeness (QED) is 0.594. The van der Waals surface area contributed by atoms with Crippen LogP contribution in [0, 0.1) is 0 Å². The molecule has 1 N–H and O–H groups in total. The van der Waals surface area contributed by atoms with E-state index in [2.05, 4.69) is 0 Å². The number of carboxylic acid groups (broad SMARTS) is 1. The Morgan fingerprint density at radius 3 is 2.36 bits per heavy atom. The predicted molar refractivity (Wildman–Crippen MR) is 42.3 cm³/mol. The Kier molecular flexibility index (Phi) is 2.50.